The Bertz CT molecular complexity index is 520. The van der Waals surface area contributed by atoms with Crippen LogP contribution in [-0.2, 0) is 4.79 Å². The lowest BCUT2D eigenvalue weighted by Gasteiger charge is -2.17. The number of benzene rings is 1. The van der Waals surface area contributed by atoms with Crippen molar-refractivity contribution >= 4 is 30.1 Å². The highest BCUT2D eigenvalue weighted by Crippen LogP contribution is 2.27. The summed E-state index contributed by atoms with van der Waals surface area (Å²) in [6, 6.07) is 3.73. The summed E-state index contributed by atoms with van der Waals surface area (Å²) in [4.78, 5) is 14.6. The van der Waals surface area contributed by atoms with E-state index in [2.05, 4.69) is 5.32 Å². The van der Waals surface area contributed by atoms with Crippen LogP contribution in [0.25, 0.3) is 0 Å². The Hall–Kier alpha value is -0.850. The molecule has 1 amide bonds. The lowest BCUT2D eigenvalue weighted by molar-refractivity contribution is -0.127. The molecular formula is C14H17ClF2N2OS. The number of nitrogens with zero attached hydrogens (tertiary/aromatic N) is 1. The lowest BCUT2D eigenvalue weighted by atomic mass is 10.0. The zero-order chi connectivity index (χ0) is 14.1. The van der Waals surface area contributed by atoms with Crippen molar-refractivity contribution in [3.05, 3.63) is 29.8 Å². The van der Waals surface area contributed by atoms with Crippen LogP contribution in [0.1, 0.15) is 0 Å². The molecular weight excluding hydrogens is 318 g/mol. The first-order valence-electron chi connectivity index (χ1n) is 6.70. The minimum atomic E-state index is -0.871. The van der Waals surface area contributed by atoms with E-state index in [0.717, 1.165) is 38.3 Å². The van der Waals surface area contributed by atoms with E-state index in [1.165, 1.54) is 17.8 Å². The van der Waals surface area contributed by atoms with Crippen LogP contribution in [0.2, 0.25) is 0 Å². The summed E-state index contributed by atoms with van der Waals surface area (Å²) in [6.45, 7) is 3.61. The number of thioether (sulfide) groups is 1. The molecule has 2 saturated heterocycles. The van der Waals surface area contributed by atoms with Crippen molar-refractivity contribution in [2.75, 3.05) is 31.9 Å². The zero-order valence-corrected chi connectivity index (χ0v) is 13.0. The number of hydrogen-bond donors (Lipinski definition) is 1. The first kappa shape index (κ1) is 16.5. The quantitative estimate of drug-likeness (QED) is 0.860. The number of halogens is 3. The van der Waals surface area contributed by atoms with Crippen LogP contribution in [-0.4, -0.2) is 42.7 Å². The molecule has 1 aromatic carbocycles. The minimum absolute atomic E-state index is 0. The molecule has 3 rings (SSSR count). The molecule has 2 aliphatic heterocycles. The van der Waals surface area contributed by atoms with Crippen LogP contribution >= 0.6 is 24.2 Å². The monoisotopic (exact) mass is 334 g/mol. The molecule has 0 bridgehead atoms. The summed E-state index contributed by atoms with van der Waals surface area (Å²) in [6.07, 6.45) is 0. The van der Waals surface area contributed by atoms with Gasteiger partial charge >= 0.3 is 0 Å². The van der Waals surface area contributed by atoms with E-state index >= 15 is 0 Å². The molecule has 0 unspecified atom stereocenters. The van der Waals surface area contributed by atoms with Gasteiger partial charge < -0.3 is 10.2 Å². The highest BCUT2D eigenvalue weighted by molar-refractivity contribution is 8.00. The molecule has 7 heteroatoms. The minimum Gasteiger partial charge on any atom is -0.341 e. The first-order valence-corrected chi connectivity index (χ1v) is 7.68. The maximum atomic E-state index is 13.1. The van der Waals surface area contributed by atoms with Crippen LogP contribution in [0.4, 0.5) is 8.78 Å². The van der Waals surface area contributed by atoms with Crippen LogP contribution in [0.5, 0.6) is 0 Å². The SMILES string of the molecule is Cl.O=C(CSc1ccc(F)c(F)c1)N1C[C@H]2CNC[C@H]2C1. The van der Waals surface area contributed by atoms with Crippen LogP contribution in [0.15, 0.2) is 23.1 Å². The van der Waals surface area contributed by atoms with E-state index in [1.807, 2.05) is 4.90 Å². The molecule has 0 aliphatic carbocycles. The highest BCUT2D eigenvalue weighted by Gasteiger charge is 2.37. The predicted octanol–water partition coefficient (Wildman–Crippen LogP) is 2.16. The molecule has 3 nitrogen and oxygen atoms in total. The number of carbonyl (C=O) groups excluding carboxylic acids is 1. The zero-order valence-electron chi connectivity index (χ0n) is 11.4. The fourth-order valence-electron chi connectivity index (χ4n) is 2.86. The van der Waals surface area contributed by atoms with E-state index in [1.54, 1.807) is 0 Å². The van der Waals surface area contributed by atoms with E-state index in [4.69, 9.17) is 0 Å². The molecule has 0 saturated carbocycles. The third-order valence-corrected chi connectivity index (χ3v) is 4.97. The van der Waals surface area contributed by atoms with Gasteiger partial charge in [-0.25, -0.2) is 8.78 Å². The third-order valence-electron chi connectivity index (χ3n) is 4.00. The maximum Gasteiger partial charge on any atom is 0.232 e. The number of fused-ring (bicyclic) bond motifs is 1. The maximum absolute atomic E-state index is 13.1. The molecule has 2 heterocycles. The number of nitrogens with one attached hydrogen (secondary N) is 1. The summed E-state index contributed by atoms with van der Waals surface area (Å²) in [7, 11) is 0. The molecule has 0 radical (unpaired) electrons. The summed E-state index contributed by atoms with van der Waals surface area (Å²) in [5.41, 5.74) is 0. The van der Waals surface area contributed by atoms with Gasteiger partial charge in [0.15, 0.2) is 11.6 Å². The molecule has 0 aromatic heterocycles. The van der Waals surface area contributed by atoms with E-state index in [-0.39, 0.29) is 24.1 Å². The largest absolute Gasteiger partial charge is 0.341 e. The van der Waals surface area contributed by atoms with E-state index in [0.29, 0.717) is 16.7 Å². The van der Waals surface area contributed by atoms with Gasteiger partial charge in [-0.2, -0.15) is 0 Å². The average molecular weight is 335 g/mol. The van der Waals surface area contributed by atoms with Crippen LogP contribution in [0.3, 0.4) is 0 Å². The van der Waals surface area contributed by atoms with Crippen molar-refractivity contribution < 1.29 is 13.6 Å². The van der Waals surface area contributed by atoms with Gasteiger partial charge in [-0.15, -0.1) is 24.2 Å². The summed E-state index contributed by atoms with van der Waals surface area (Å²) in [5.74, 6) is -0.226. The number of amides is 1. The van der Waals surface area contributed by atoms with Crippen molar-refractivity contribution in [3.8, 4) is 0 Å². The Kier molecular flexibility index (Phi) is 5.46. The summed E-state index contributed by atoms with van der Waals surface area (Å²) >= 11 is 1.25. The fourth-order valence-corrected chi connectivity index (χ4v) is 3.69. The van der Waals surface area contributed by atoms with Gasteiger partial charge in [0.25, 0.3) is 0 Å². The standard InChI is InChI=1S/C14H16F2N2OS.ClH/c15-12-2-1-11(3-13(12)16)20-8-14(19)18-6-9-4-17-5-10(9)7-18;/h1-3,9-10,17H,4-8H2;1H/t9-,10+;. The van der Waals surface area contributed by atoms with Gasteiger partial charge in [0.2, 0.25) is 5.91 Å². The lowest BCUT2D eigenvalue weighted by Crippen LogP contribution is -2.33. The van der Waals surface area contributed by atoms with Crippen LogP contribution < -0.4 is 5.32 Å². The Balaban J connectivity index is 0.00000161. The molecule has 1 aromatic rings. The summed E-state index contributed by atoms with van der Waals surface area (Å²) in [5, 5.41) is 3.33. The van der Waals surface area contributed by atoms with Crippen LogP contribution in [0, 0.1) is 23.5 Å². The Morgan fingerprint density at radius 2 is 1.90 bits per heavy atom. The first-order chi connectivity index (χ1) is 9.63. The van der Waals surface area contributed by atoms with Gasteiger partial charge in [0.1, 0.15) is 0 Å². The second-order valence-corrected chi connectivity index (χ2v) is 6.39. The normalized spacial score (nSPS) is 23.8. The smallest absolute Gasteiger partial charge is 0.232 e. The van der Waals surface area contributed by atoms with Gasteiger partial charge in [-0.05, 0) is 30.0 Å². The molecule has 21 heavy (non-hydrogen) atoms. The summed E-state index contributed by atoms with van der Waals surface area (Å²) < 4.78 is 25.9. The molecule has 2 aliphatic rings. The van der Waals surface area contributed by atoms with Crippen molar-refractivity contribution in [3.63, 3.8) is 0 Å². The van der Waals surface area contributed by atoms with Gasteiger partial charge in [-0.3, -0.25) is 4.79 Å². The van der Waals surface area contributed by atoms with Gasteiger partial charge in [-0.1, -0.05) is 0 Å². The molecule has 1 N–H and O–H groups in total. The second-order valence-electron chi connectivity index (χ2n) is 5.34. The molecule has 0 spiro atoms. The second kappa shape index (κ2) is 6.94. The number of hydrogen-bond acceptors (Lipinski definition) is 3. The van der Waals surface area contributed by atoms with Crippen molar-refractivity contribution in [1.82, 2.24) is 10.2 Å². The van der Waals surface area contributed by atoms with E-state index < -0.39 is 11.6 Å². The Morgan fingerprint density at radius 1 is 1.24 bits per heavy atom. The van der Waals surface area contributed by atoms with Gasteiger partial charge in [0, 0.05) is 31.1 Å². The molecule has 116 valence electrons. The highest BCUT2D eigenvalue weighted by atomic mass is 35.5. The van der Waals surface area contributed by atoms with Crippen molar-refractivity contribution in [2.45, 2.75) is 4.90 Å². The van der Waals surface area contributed by atoms with Crippen molar-refractivity contribution in [1.29, 1.82) is 0 Å². The average Bonchev–Trinajstić information content (AvgIpc) is 3.00. The fraction of sp³-hybridized carbons (Fsp3) is 0.500. The molecule has 2 fully saturated rings. The van der Waals surface area contributed by atoms with E-state index in [9.17, 15) is 13.6 Å². The molecule has 2 atom stereocenters. The van der Waals surface area contributed by atoms with Crippen molar-refractivity contribution in [2.24, 2.45) is 11.8 Å². The predicted molar refractivity (Wildman–Crippen MR) is 80.8 cm³/mol. The number of carbonyl (C=O) groups is 1. The Morgan fingerprint density at radius 3 is 2.52 bits per heavy atom. The topological polar surface area (TPSA) is 32.3 Å². The Labute approximate surface area is 132 Å². The number of rotatable bonds is 3. The van der Waals surface area contributed by atoms with Gasteiger partial charge in [0.05, 0.1) is 5.75 Å². The number of likely N-dealkylation sites (tertiary alicyclic amines) is 1. The third kappa shape index (κ3) is 3.67.